The van der Waals surface area contributed by atoms with Gasteiger partial charge in [-0.2, -0.15) is 0 Å². The molecule has 0 unspecified atom stereocenters. The van der Waals surface area contributed by atoms with Crippen LogP contribution in [0.1, 0.15) is 37.6 Å². The first kappa shape index (κ1) is 14.8. The van der Waals surface area contributed by atoms with E-state index in [0.29, 0.717) is 5.56 Å². The number of carbonyl (C=O) groups is 1. The number of aliphatic hydroxyl groups is 2. The highest BCUT2D eigenvalue weighted by atomic mass is 16.5. The molecule has 2 rings (SSSR count). The minimum atomic E-state index is -1.34. The molecule has 20 heavy (non-hydrogen) atoms. The zero-order valence-electron chi connectivity index (χ0n) is 12.0. The van der Waals surface area contributed by atoms with Gasteiger partial charge in [0.2, 0.25) is 0 Å². The molecule has 1 aromatic rings. The highest BCUT2D eigenvalue weighted by Crippen LogP contribution is 2.36. The number of benzene rings is 1. The van der Waals surface area contributed by atoms with Crippen LogP contribution in [0.15, 0.2) is 42.0 Å². The van der Waals surface area contributed by atoms with Crippen LogP contribution in [0.4, 0.5) is 0 Å². The van der Waals surface area contributed by atoms with Crippen molar-refractivity contribution in [2.45, 2.75) is 44.5 Å². The molecule has 0 heterocycles. The van der Waals surface area contributed by atoms with Crippen LogP contribution in [0, 0.1) is 0 Å². The van der Waals surface area contributed by atoms with E-state index in [-0.39, 0.29) is 6.42 Å². The van der Waals surface area contributed by atoms with E-state index in [0.717, 1.165) is 5.57 Å². The van der Waals surface area contributed by atoms with Gasteiger partial charge in [-0.05, 0) is 44.6 Å². The molecule has 0 spiro atoms. The van der Waals surface area contributed by atoms with Crippen LogP contribution in [0.5, 0.6) is 0 Å². The number of rotatable bonds is 2. The van der Waals surface area contributed by atoms with E-state index in [2.05, 4.69) is 0 Å². The highest BCUT2D eigenvalue weighted by Gasteiger charge is 2.46. The molecule has 4 heteroatoms. The molecule has 0 bridgehead atoms. The summed E-state index contributed by atoms with van der Waals surface area (Å²) in [6.07, 6.45) is 1.19. The van der Waals surface area contributed by atoms with Gasteiger partial charge in [0.15, 0.2) is 0 Å². The van der Waals surface area contributed by atoms with E-state index in [4.69, 9.17) is 4.74 Å². The standard InChI is InChI=1S/C16H20O4/c1-11-9-15(2,18)16(3,19)10-13(11)20-14(17)12-7-5-4-6-8-12/h4-9,13,18-19H,10H2,1-3H3/t13-,15+,16-/m0/s1. The predicted molar refractivity (Wildman–Crippen MR) is 75.3 cm³/mol. The Bertz CT molecular complexity index is 529. The van der Waals surface area contributed by atoms with Crippen molar-refractivity contribution in [2.24, 2.45) is 0 Å². The SMILES string of the molecule is CC1=C[C@@](C)(O)[C@@](C)(O)C[C@@H]1OC(=O)c1ccccc1. The second-order valence-electron chi connectivity index (χ2n) is 5.77. The Labute approximate surface area is 118 Å². The summed E-state index contributed by atoms with van der Waals surface area (Å²) in [5.41, 5.74) is -1.45. The lowest BCUT2D eigenvalue weighted by atomic mass is 9.74. The molecule has 0 aliphatic heterocycles. The average Bonchev–Trinajstić information content (AvgIpc) is 2.36. The van der Waals surface area contributed by atoms with Crippen LogP contribution in [-0.2, 0) is 4.74 Å². The first-order chi connectivity index (χ1) is 9.23. The fourth-order valence-electron chi connectivity index (χ4n) is 2.33. The molecule has 2 N–H and O–H groups in total. The zero-order chi connectivity index (χ0) is 15.0. The van der Waals surface area contributed by atoms with Crippen LogP contribution in [0.3, 0.4) is 0 Å². The van der Waals surface area contributed by atoms with E-state index in [9.17, 15) is 15.0 Å². The molecule has 0 fully saturated rings. The van der Waals surface area contributed by atoms with Gasteiger partial charge in [0.1, 0.15) is 11.7 Å². The third-order valence-electron chi connectivity index (χ3n) is 3.95. The van der Waals surface area contributed by atoms with E-state index in [1.807, 2.05) is 6.07 Å². The molecule has 1 aliphatic rings. The highest BCUT2D eigenvalue weighted by molar-refractivity contribution is 5.89. The van der Waals surface area contributed by atoms with Crippen LogP contribution in [0.2, 0.25) is 0 Å². The fraction of sp³-hybridized carbons (Fsp3) is 0.438. The number of esters is 1. The molecule has 0 saturated carbocycles. The van der Waals surface area contributed by atoms with Crippen molar-refractivity contribution in [1.29, 1.82) is 0 Å². The monoisotopic (exact) mass is 276 g/mol. The Balaban J connectivity index is 2.17. The zero-order valence-corrected chi connectivity index (χ0v) is 12.0. The number of hydrogen-bond donors (Lipinski definition) is 2. The molecule has 108 valence electrons. The molecule has 1 aliphatic carbocycles. The smallest absolute Gasteiger partial charge is 0.338 e. The normalized spacial score (nSPS) is 33.5. The topological polar surface area (TPSA) is 66.8 Å². The van der Waals surface area contributed by atoms with Crippen LogP contribution >= 0.6 is 0 Å². The summed E-state index contributed by atoms with van der Waals surface area (Å²) in [6, 6.07) is 8.71. The lowest BCUT2D eigenvalue weighted by Crippen LogP contribution is -2.54. The largest absolute Gasteiger partial charge is 0.454 e. The van der Waals surface area contributed by atoms with Gasteiger partial charge in [0.05, 0.1) is 11.2 Å². The number of ether oxygens (including phenoxy) is 1. The first-order valence-electron chi connectivity index (χ1n) is 6.63. The van der Waals surface area contributed by atoms with Gasteiger partial charge in [0.25, 0.3) is 0 Å². The minimum Gasteiger partial charge on any atom is -0.454 e. The van der Waals surface area contributed by atoms with Crippen LogP contribution < -0.4 is 0 Å². The fourth-order valence-corrected chi connectivity index (χ4v) is 2.33. The number of carbonyl (C=O) groups excluding carboxylic acids is 1. The van der Waals surface area contributed by atoms with E-state index < -0.39 is 23.3 Å². The van der Waals surface area contributed by atoms with Crippen molar-refractivity contribution in [1.82, 2.24) is 0 Å². The van der Waals surface area contributed by atoms with Gasteiger partial charge in [-0.15, -0.1) is 0 Å². The molecule has 4 nitrogen and oxygen atoms in total. The van der Waals surface area contributed by atoms with Gasteiger partial charge in [-0.1, -0.05) is 18.2 Å². The summed E-state index contributed by atoms with van der Waals surface area (Å²) in [5, 5.41) is 20.5. The summed E-state index contributed by atoms with van der Waals surface area (Å²) >= 11 is 0. The predicted octanol–water partition coefficient (Wildman–Crippen LogP) is 2.06. The molecule has 0 saturated heterocycles. The maximum absolute atomic E-state index is 12.0. The van der Waals surface area contributed by atoms with Crippen molar-refractivity contribution in [3.8, 4) is 0 Å². The average molecular weight is 276 g/mol. The maximum Gasteiger partial charge on any atom is 0.338 e. The van der Waals surface area contributed by atoms with Gasteiger partial charge in [0, 0.05) is 6.42 Å². The van der Waals surface area contributed by atoms with Crippen LogP contribution in [-0.4, -0.2) is 33.5 Å². The van der Waals surface area contributed by atoms with Crippen LogP contribution in [0.25, 0.3) is 0 Å². The molecule has 0 radical (unpaired) electrons. The van der Waals surface area contributed by atoms with Gasteiger partial charge < -0.3 is 14.9 Å². The Morgan fingerprint density at radius 2 is 1.85 bits per heavy atom. The Kier molecular flexibility index (Phi) is 3.71. The molecule has 1 aromatic carbocycles. The summed E-state index contributed by atoms with van der Waals surface area (Å²) in [5.74, 6) is -0.430. The summed E-state index contributed by atoms with van der Waals surface area (Å²) in [4.78, 5) is 12.0. The molecular weight excluding hydrogens is 256 g/mol. The lowest BCUT2D eigenvalue weighted by Gasteiger charge is -2.43. The summed E-state index contributed by atoms with van der Waals surface area (Å²) in [6.45, 7) is 4.87. The third kappa shape index (κ3) is 2.76. The van der Waals surface area contributed by atoms with Gasteiger partial charge >= 0.3 is 5.97 Å². The molecule has 0 amide bonds. The van der Waals surface area contributed by atoms with Gasteiger partial charge in [-0.3, -0.25) is 0 Å². The number of hydrogen-bond acceptors (Lipinski definition) is 4. The van der Waals surface area contributed by atoms with Gasteiger partial charge in [-0.25, -0.2) is 4.79 Å². The van der Waals surface area contributed by atoms with Crippen molar-refractivity contribution >= 4 is 5.97 Å². The molecule has 3 atom stereocenters. The Hall–Kier alpha value is -1.65. The van der Waals surface area contributed by atoms with Crippen molar-refractivity contribution in [3.05, 3.63) is 47.5 Å². The Morgan fingerprint density at radius 1 is 1.25 bits per heavy atom. The molecular formula is C16H20O4. The van der Waals surface area contributed by atoms with E-state index >= 15 is 0 Å². The maximum atomic E-state index is 12.0. The second-order valence-corrected chi connectivity index (χ2v) is 5.77. The summed E-state index contributed by atoms with van der Waals surface area (Å²) < 4.78 is 5.44. The van der Waals surface area contributed by atoms with E-state index in [1.165, 1.54) is 0 Å². The second kappa shape index (κ2) is 5.04. The summed E-state index contributed by atoms with van der Waals surface area (Å²) in [7, 11) is 0. The first-order valence-corrected chi connectivity index (χ1v) is 6.63. The lowest BCUT2D eigenvalue weighted by molar-refractivity contribution is -0.128. The quantitative estimate of drug-likeness (QED) is 0.641. The van der Waals surface area contributed by atoms with Crippen molar-refractivity contribution < 1.29 is 19.7 Å². The van der Waals surface area contributed by atoms with Crippen molar-refractivity contribution in [2.75, 3.05) is 0 Å². The van der Waals surface area contributed by atoms with E-state index in [1.54, 1.807) is 51.1 Å². The van der Waals surface area contributed by atoms with Crippen molar-refractivity contribution in [3.63, 3.8) is 0 Å². The third-order valence-corrected chi connectivity index (χ3v) is 3.95. The minimum absolute atomic E-state index is 0.168. The Morgan fingerprint density at radius 3 is 2.45 bits per heavy atom. The molecule has 0 aromatic heterocycles.